The van der Waals surface area contributed by atoms with E-state index in [1.165, 1.54) is 0 Å². The summed E-state index contributed by atoms with van der Waals surface area (Å²) in [5.41, 5.74) is 0. The van der Waals surface area contributed by atoms with Crippen LogP contribution in [0.5, 0.6) is 0 Å². The standard InChI is InChI=1S/C15H26N2O3/c1-11(2)7-17-13-8-16(12-3-5-19-6-4-12)9-14(13)20-10-15(17)18/h11-14H,3-10H2,1-2H3/t13-,14-/m1/s1. The second-order valence-electron chi connectivity index (χ2n) is 6.65. The van der Waals surface area contributed by atoms with Crippen molar-refractivity contribution in [3.05, 3.63) is 0 Å². The van der Waals surface area contributed by atoms with Crippen LogP contribution in [0.3, 0.4) is 0 Å². The van der Waals surface area contributed by atoms with Crippen molar-refractivity contribution >= 4 is 5.91 Å². The normalized spacial score (nSPS) is 33.0. The van der Waals surface area contributed by atoms with Gasteiger partial charge in [0.05, 0.1) is 12.1 Å². The summed E-state index contributed by atoms with van der Waals surface area (Å²) in [6, 6.07) is 0.857. The van der Waals surface area contributed by atoms with Crippen molar-refractivity contribution in [2.24, 2.45) is 5.92 Å². The Morgan fingerprint density at radius 3 is 2.70 bits per heavy atom. The number of carbonyl (C=O) groups is 1. The summed E-state index contributed by atoms with van der Waals surface area (Å²) in [5.74, 6) is 0.670. The monoisotopic (exact) mass is 282 g/mol. The van der Waals surface area contributed by atoms with E-state index >= 15 is 0 Å². The minimum absolute atomic E-state index is 0.161. The van der Waals surface area contributed by atoms with Gasteiger partial charge in [-0.25, -0.2) is 0 Å². The van der Waals surface area contributed by atoms with E-state index in [4.69, 9.17) is 9.47 Å². The molecule has 0 spiro atoms. The molecule has 114 valence electrons. The summed E-state index contributed by atoms with van der Waals surface area (Å²) >= 11 is 0. The lowest BCUT2D eigenvalue weighted by atomic mass is 10.1. The second kappa shape index (κ2) is 6.00. The molecule has 5 nitrogen and oxygen atoms in total. The van der Waals surface area contributed by atoms with Gasteiger partial charge in [-0.1, -0.05) is 13.8 Å². The van der Waals surface area contributed by atoms with E-state index in [2.05, 4.69) is 23.6 Å². The van der Waals surface area contributed by atoms with Crippen molar-refractivity contribution in [3.8, 4) is 0 Å². The average molecular weight is 282 g/mol. The first-order valence-electron chi connectivity index (χ1n) is 7.88. The van der Waals surface area contributed by atoms with Crippen LogP contribution in [0.2, 0.25) is 0 Å². The molecule has 0 radical (unpaired) electrons. The fourth-order valence-corrected chi connectivity index (χ4v) is 3.67. The van der Waals surface area contributed by atoms with Gasteiger partial charge in [0, 0.05) is 38.9 Å². The Balaban J connectivity index is 1.66. The van der Waals surface area contributed by atoms with Gasteiger partial charge < -0.3 is 14.4 Å². The van der Waals surface area contributed by atoms with Crippen LogP contribution in [0, 0.1) is 5.92 Å². The Hall–Kier alpha value is -0.650. The molecule has 3 aliphatic rings. The lowest BCUT2D eigenvalue weighted by molar-refractivity contribution is -0.153. The van der Waals surface area contributed by atoms with Crippen LogP contribution in [0.1, 0.15) is 26.7 Å². The molecule has 5 heteroatoms. The van der Waals surface area contributed by atoms with Gasteiger partial charge in [0.2, 0.25) is 5.91 Å². The predicted octanol–water partition coefficient (Wildman–Crippen LogP) is 0.733. The van der Waals surface area contributed by atoms with Crippen LogP contribution in [-0.4, -0.2) is 73.3 Å². The van der Waals surface area contributed by atoms with E-state index < -0.39 is 0 Å². The number of ether oxygens (including phenoxy) is 2. The maximum absolute atomic E-state index is 12.1. The fourth-order valence-electron chi connectivity index (χ4n) is 3.67. The molecule has 0 bridgehead atoms. The van der Waals surface area contributed by atoms with E-state index in [1.807, 2.05) is 0 Å². The number of hydrogen-bond donors (Lipinski definition) is 0. The first-order chi connectivity index (χ1) is 9.65. The quantitative estimate of drug-likeness (QED) is 0.765. The molecule has 0 saturated carbocycles. The summed E-state index contributed by atoms with van der Waals surface area (Å²) in [6.45, 7) is 9.12. The Kier molecular flexibility index (Phi) is 4.29. The van der Waals surface area contributed by atoms with Crippen molar-refractivity contribution in [2.75, 3.05) is 39.5 Å². The van der Waals surface area contributed by atoms with Crippen molar-refractivity contribution in [1.29, 1.82) is 0 Å². The van der Waals surface area contributed by atoms with Gasteiger partial charge in [0.15, 0.2) is 0 Å². The molecule has 3 saturated heterocycles. The molecule has 3 aliphatic heterocycles. The largest absolute Gasteiger partial charge is 0.381 e. The second-order valence-corrected chi connectivity index (χ2v) is 6.65. The Labute approximate surface area is 121 Å². The predicted molar refractivity (Wildman–Crippen MR) is 75.5 cm³/mol. The van der Waals surface area contributed by atoms with Gasteiger partial charge in [0.25, 0.3) is 0 Å². The lowest BCUT2D eigenvalue weighted by Gasteiger charge is -2.38. The first-order valence-corrected chi connectivity index (χ1v) is 7.88. The van der Waals surface area contributed by atoms with Gasteiger partial charge in [-0.05, 0) is 18.8 Å². The van der Waals surface area contributed by atoms with E-state index in [-0.39, 0.29) is 24.7 Å². The first kappa shape index (κ1) is 14.3. The lowest BCUT2D eigenvalue weighted by Crippen LogP contribution is -2.55. The smallest absolute Gasteiger partial charge is 0.248 e. The van der Waals surface area contributed by atoms with Gasteiger partial charge in [-0.3, -0.25) is 9.69 Å². The molecule has 0 aromatic rings. The molecule has 0 aliphatic carbocycles. The zero-order valence-electron chi connectivity index (χ0n) is 12.6. The summed E-state index contributed by atoms with van der Waals surface area (Å²) in [4.78, 5) is 16.7. The minimum atomic E-state index is 0.161. The number of carbonyl (C=O) groups excluding carboxylic acids is 1. The number of rotatable bonds is 3. The number of hydrogen-bond acceptors (Lipinski definition) is 4. The topological polar surface area (TPSA) is 42.0 Å². The third-order valence-corrected chi connectivity index (χ3v) is 4.68. The van der Waals surface area contributed by atoms with Crippen LogP contribution >= 0.6 is 0 Å². The molecule has 3 heterocycles. The van der Waals surface area contributed by atoms with Crippen molar-refractivity contribution in [2.45, 2.75) is 44.9 Å². The molecule has 2 atom stereocenters. The summed E-state index contributed by atoms with van der Waals surface area (Å²) in [7, 11) is 0. The highest BCUT2D eigenvalue weighted by molar-refractivity contribution is 5.78. The number of nitrogens with zero attached hydrogens (tertiary/aromatic N) is 2. The zero-order chi connectivity index (χ0) is 14.1. The Morgan fingerprint density at radius 1 is 1.25 bits per heavy atom. The number of amides is 1. The highest BCUT2D eigenvalue weighted by Gasteiger charge is 2.44. The maximum atomic E-state index is 12.1. The molecular formula is C15H26N2O3. The van der Waals surface area contributed by atoms with Crippen molar-refractivity contribution in [1.82, 2.24) is 9.80 Å². The van der Waals surface area contributed by atoms with Gasteiger partial charge in [0.1, 0.15) is 6.61 Å². The molecule has 0 aromatic carbocycles. The highest BCUT2D eigenvalue weighted by Crippen LogP contribution is 2.28. The van der Waals surface area contributed by atoms with Crippen LogP contribution < -0.4 is 0 Å². The third-order valence-electron chi connectivity index (χ3n) is 4.68. The van der Waals surface area contributed by atoms with Crippen molar-refractivity contribution in [3.63, 3.8) is 0 Å². The van der Waals surface area contributed by atoms with E-state index in [9.17, 15) is 4.79 Å². The van der Waals surface area contributed by atoms with E-state index in [0.29, 0.717) is 12.0 Å². The number of morpholine rings is 1. The number of likely N-dealkylation sites (tertiary alicyclic amines) is 1. The van der Waals surface area contributed by atoms with E-state index in [0.717, 1.165) is 45.7 Å². The summed E-state index contributed by atoms with van der Waals surface area (Å²) in [6.07, 6.45) is 2.42. The molecule has 0 aromatic heterocycles. The minimum Gasteiger partial charge on any atom is -0.381 e. The molecule has 1 amide bonds. The Morgan fingerprint density at radius 2 is 2.00 bits per heavy atom. The maximum Gasteiger partial charge on any atom is 0.248 e. The molecule has 0 N–H and O–H groups in total. The Bertz CT molecular complexity index is 355. The number of fused-ring (bicyclic) bond motifs is 1. The SMILES string of the molecule is CC(C)CN1C(=O)CO[C@@H]2CN(C3CCOCC3)C[C@H]21. The third kappa shape index (κ3) is 2.85. The van der Waals surface area contributed by atoms with Crippen LogP contribution in [0.15, 0.2) is 0 Å². The molecule has 3 fully saturated rings. The fraction of sp³-hybridized carbons (Fsp3) is 0.933. The molecular weight excluding hydrogens is 256 g/mol. The summed E-state index contributed by atoms with van der Waals surface area (Å²) in [5, 5.41) is 0. The molecule has 0 unspecified atom stereocenters. The average Bonchev–Trinajstić information content (AvgIpc) is 2.87. The van der Waals surface area contributed by atoms with Crippen LogP contribution in [0.4, 0.5) is 0 Å². The molecule has 20 heavy (non-hydrogen) atoms. The van der Waals surface area contributed by atoms with Gasteiger partial charge >= 0.3 is 0 Å². The van der Waals surface area contributed by atoms with Gasteiger partial charge in [-0.2, -0.15) is 0 Å². The van der Waals surface area contributed by atoms with Crippen LogP contribution in [0.25, 0.3) is 0 Å². The van der Waals surface area contributed by atoms with E-state index in [1.54, 1.807) is 0 Å². The zero-order valence-corrected chi connectivity index (χ0v) is 12.6. The highest BCUT2D eigenvalue weighted by atomic mass is 16.5. The van der Waals surface area contributed by atoms with Crippen LogP contribution in [-0.2, 0) is 14.3 Å². The molecule has 3 rings (SSSR count). The summed E-state index contributed by atoms with van der Waals surface area (Å²) < 4.78 is 11.2. The van der Waals surface area contributed by atoms with Crippen molar-refractivity contribution < 1.29 is 14.3 Å². The van der Waals surface area contributed by atoms with Gasteiger partial charge in [-0.15, -0.1) is 0 Å².